The van der Waals surface area contributed by atoms with Gasteiger partial charge in [-0.2, -0.15) is 0 Å². The molecule has 0 saturated carbocycles. The molecule has 0 radical (unpaired) electrons. The van der Waals surface area contributed by atoms with Gasteiger partial charge in [0.1, 0.15) is 6.04 Å². The maximum absolute atomic E-state index is 12.0. The van der Waals surface area contributed by atoms with Crippen molar-refractivity contribution in [1.29, 1.82) is 0 Å². The largest absolute Gasteiger partial charge is 0.480 e. The number of rotatable bonds is 3. The second-order valence-electron chi connectivity index (χ2n) is 4.40. The summed E-state index contributed by atoms with van der Waals surface area (Å²) in [7, 11) is 0. The van der Waals surface area contributed by atoms with E-state index in [-0.39, 0.29) is 5.91 Å². The van der Waals surface area contributed by atoms with E-state index in [0.29, 0.717) is 5.56 Å². The maximum atomic E-state index is 12.0. The molecule has 2 rings (SSSR count). The molecule has 0 fully saturated rings. The number of nitrogens with one attached hydrogen (secondary N) is 2. The first-order valence-electron chi connectivity index (χ1n) is 5.99. The zero-order chi connectivity index (χ0) is 13.1. The van der Waals surface area contributed by atoms with E-state index in [2.05, 4.69) is 10.6 Å². The summed E-state index contributed by atoms with van der Waals surface area (Å²) in [6, 6.07) is 4.59. The Kier molecular flexibility index (Phi) is 3.50. The van der Waals surface area contributed by atoms with E-state index in [0.717, 1.165) is 30.6 Å². The Morgan fingerprint density at radius 3 is 2.94 bits per heavy atom. The van der Waals surface area contributed by atoms with Gasteiger partial charge in [-0.15, -0.1) is 0 Å². The fourth-order valence-electron chi connectivity index (χ4n) is 2.06. The van der Waals surface area contributed by atoms with Gasteiger partial charge in [0.25, 0.3) is 5.91 Å². The Bertz CT molecular complexity index is 485. The van der Waals surface area contributed by atoms with Gasteiger partial charge in [0.2, 0.25) is 0 Å². The van der Waals surface area contributed by atoms with E-state index in [1.807, 2.05) is 6.07 Å². The number of carbonyl (C=O) groups excluding carboxylic acids is 1. The number of benzene rings is 1. The molecule has 5 nitrogen and oxygen atoms in total. The third-order valence-corrected chi connectivity index (χ3v) is 3.06. The van der Waals surface area contributed by atoms with Gasteiger partial charge in [-0.1, -0.05) is 6.07 Å². The van der Waals surface area contributed by atoms with Gasteiger partial charge < -0.3 is 15.7 Å². The molecule has 0 bridgehead atoms. The number of hydrogen-bond donors (Lipinski definition) is 3. The molecule has 18 heavy (non-hydrogen) atoms. The number of carbonyl (C=O) groups is 2. The van der Waals surface area contributed by atoms with Crippen molar-refractivity contribution in [2.45, 2.75) is 25.8 Å². The van der Waals surface area contributed by atoms with Crippen molar-refractivity contribution in [3.05, 3.63) is 29.3 Å². The molecule has 1 aromatic rings. The first kappa shape index (κ1) is 12.4. The fraction of sp³-hybridized carbons (Fsp3) is 0.385. The predicted molar refractivity (Wildman–Crippen MR) is 67.8 cm³/mol. The number of amides is 1. The monoisotopic (exact) mass is 248 g/mol. The summed E-state index contributed by atoms with van der Waals surface area (Å²) in [5.41, 5.74) is 2.50. The topological polar surface area (TPSA) is 78.4 Å². The molecule has 96 valence electrons. The molecule has 5 heteroatoms. The van der Waals surface area contributed by atoms with Crippen molar-refractivity contribution in [1.82, 2.24) is 5.32 Å². The van der Waals surface area contributed by atoms with Crippen LogP contribution in [0, 0.1) is 0 Å². The molecule has 0 aliphatic carbocycles. The van der Waals surface area contributed by atoms with Crippen LogP contribution in [0.5, 0.6) is 0 Å². The van der Waals surface area contributed by atoms with E-state index >= 15 is 0 Å². The summed E-state index contributed by atoms with van der Waals surface area (Å²) in [6.45, 7) is 2.36. The lowest BCUT2D eigenvalue weighted by Crippen LogP contribution is -2.38. The minimum atomic E-state index is -1.04. The number of carboxylic acids is 1. The lowest BCUT2D eigenvalue weighted by Gasteiger charge is -2.21. The Morgan fingerprint density at radius 1 is 1.44 bits per heavy atom. The van der Waals surface area contributed by atoms with Crippen molar-refractivity contribution in [3.63, 3.8) is 0 Å². The van der Waals surface area contributed by atoms with Crippen LogP contribution in [0.4, 0.5) is 5.69 Å². The highest BCUT2D eigenvalue weighted by atomic mass is 16.4. The quantitative estimate of drug-likeness (QED) is 0.752. The highest BCUT2D eigenvalue weighted by Crippen LogP contribution is 2.25. The van der Waals surface area contributed by atoms with Crippen molar-refractivity contribution in [2.24, 2.45) is 0 Å². The van der Waals surface area contributed by atoms with Crippen LogP contribution < -0.4 is 10.6 Å². The molecule has 1 aliphatic heterocycles. The normalized spacial score (nSPS) is 15.2. The van der Waals surface area contributed by atoms with Crippen molar-refractivity contribution >= 4 is 17.6 Å². The molecule has 0 spiro atoms. The van der Waals surface area contributed by atoms with Crippen molar-refractivity contribution in [2.75, 3.05) is 11.9 Å². The summed E-state index contributed by atoms with van der Waals surface area (Å²) in [6.07, 6.45) is 1.82. The second kappa shape index (κ2) is 5.08. The first-order valence-corrected chi connectivity index (χ1v) is 5.99. The number of hydrogen-bond acceptors (Lipinski definition) is 3. The zero-order valence-corrected chi connectivity index (χ0v) is 10.2. The minimum absolute atomic E-state index is 0.328. The molecule has 0 unspecified atom stereocenters. The molecule has 1 amide bonds. The summed E-state index contributed by atoms with van der Waals surface area (Å²) in [4.78, 5) is 22.8. The molecule has 1 atom stereocenters. The zero-order valence-electron chi connectivity index (χ0n) is 10.2. The van der Waals surface area contributed by atoms with Gasteiger partial charge in [0.05, 0.1) is 0 Å². The van der Waals surface area contributed by atoms with E-state index < -0.39 is 12.0 Å². The SMILES string of the molecule is C[C@H](NC(=O)c1cccc2c1CCCN2)C(=O)O. The van der Waals surface area contributed by atoms with Crippen molar-refractivity contribution in [3.8, 4) is 0 Å². The molecular weight excluding hydrogens is 232 g/mol. The predicted octanol–water partition coefficient (Wildman–Crippen LogP) is 1.25. The lowest BCUT2D eigenvalue weighted by molar-refractivity contribution is -0.138. The minimum Gasteiger partial charge on any atom is -0.480 e. The fourth-order valence-corrected chi connectivity index (χ4v) is 2.06. The Labute approximate surface area is 105 Å². The smallest absolute Gasteiger partial charge is 0.325 e. The van der Waals surface area contributed by atoms with Crippen LogP contribution in [0.3, 0.4) is 0 Å². The third-order valence-electron chi connectivity index (χ3n) is 3.06. The van der Waals surface area contributed by atoms with Crippen molar-refractivity contribution < 1.29 is 14.7 Å². The lowest BCUT2D eigenvalue weighted by atomic mass is 9.97. The number of fused-ring (bicyclic) bond motifs is 1. The van der Waals surface area contributed by atoms with E-state index in [1.54, 1.807) is 12.1 Å². The van der Waals surface area contributed by atoms with E-state index in [4.69, 9.17) is 5.11 Å². The van der Waals surface area contributed by atoms with Crippen LogP contribution in [-0.2, 0) is 11.2 Å². The summed E-state index contributed by atoms with van der Waals surface area (Å²) >= 11 is 0. The van der Waals surface area contributed by atoms with Crippen LogP contribution in [0.15, 0.2) is 18.2 Å². The van der Waals surface area contributed by atoms with Crippen LogP contribution >= 0.6 is 0 Å². The Balaban J connectivity index is 2.23. The van der Waals surface area contributed by atoms with Gasteiger partial charge in [0.15, 0.2) is 0 Å². The second-order valence-corrected chi connectivity index (χ2v) is 4.40. The van der Waals surface area contributed by atoms with Crippen LogP contribution in [0.2, 0.25) is 0 Å². The average Bonchev–Trinajstić information content (AvgIpc) is 2.37. The number of carboxylic acid groups (broad SMARTS) is 1. The van der Waals surface area contributed by atoms with Gasteiger partial charge in [-0.25, -0.2) is 0 Å². The van der Waals surface area contributed by atoms with Gasteiger partial charge in [-0.05, 0) is 37.5 Å². The highest BCUT2D eigenvalue weighted by Gasteiger charge is 2.20. The molecule has 1 heterocycles. The molecule has 1 aromatic carbocycles. The third kappa shape index (κ3) is 2.45. The summed E-state index contributed by atoms with van der Waals surface area (Å²) in [5, 5.41) is 14.5. The van der Waals surface area contributed by atoms with E-state index in [9.17, 15) is 9.59 Å². The van der Waals surface area contributed by atoms with Crippen LogP contribution in [0.1, 0.15) is 29.3 Å². The standard InChI is InChI=1S/C13H16N2O3/c1-8(13(17)18)15-12(16)10-4-2-6-11-9(10)5-3-7-14-11/h2,4,6,8,14H,3,5,7H2,1H3,(H,15,16)(H,17,18)/t8-/m0/s1. The Morgan fingerprint density at radius 2 is 2.22 bits per heavy atom. The molecule has 1 aliphatic rings. The number of anilines is 1. The summed E-state index contributed by atoms with van der Waals surface area (Å²) in [5.74, 6) is -1.36. The van der Waals surface area contributed by atoms with Gasteiger partial charge in [-0.3, -0.25) is 9.59 Å². The average molecular weight is 248 g/mol. The Hall–Kier alpha value is -2.04. The van der Waals surface area contributed by atoms with Gasteiger partial charge in [0, 0.05) is 17.8 Å². The molecule has 0 aromatic heterocycles. The molecule has 0 saturated heterocycles. The van der Waals surface area contributed by atoms with Crippen LogP contribution in [0.25, 0.3) is 0 Å². The van der Waals surface area contributed by atoms with E-state index in [1.165, 1.54) is 6.92 Å². The van der Waals surface area contributed by atoms with Gasteiger partial charge >= 0.3 is 5.97 Å². The number of aliphatic carboxylic acids is 1. The molecular formula is C13H16N2O3. The summed E-state index contributed by atoms with van der Waals surface area (Å²) < 4.78 is 0. The maximum Gasteiger partial charge on any atom is 0.325 e. The molecule has 3 N–H and O–H groups in total. The first-order chi connectivity index (χ1) is 8.59. The highest BCUT2D eigenvalue weighted by molar-refractivity contribution is 5.99. The van der Waals surface area contributed by atoms with Crippen LogP contribution in [-0.4, -0.2) is 29.6 Å².